The van der Waals surface area contributed by atoms with Crippen molar-refractivity contribution in [3.05, 3.63) is 71.3 Å². The van der Waals surface area contributed by atoms with E-state index in [9.17, 15) is 0 Å². The quantitative estimate of drug-likeness (QED) is 0.480. The van der Waals surface area contributed by atoms with E-state index in [1.54, 1.807) is 16.7 Å². The molecule has 4 fully saturated rings. The zero-order valence-electron chi connectivity index (χ0n) is 20.6. The molecule has 6 aliphatic rings. The molecule has 0 N–H and O–H groups in total. The number of nitrogens with zero attached hydrogens (tertiary/aromatic N) is 1. The highest BCUT2D eigenvalue weighted by Crippen LogP contribution is 2.69. The summed E-state index contributed by atoms with van der Waals surface area (Å²) in [6, 6.07) is 16.8. The van der Waals surface area contributed by atoms with Crippen LogP contribution in [-0.2, 0) is 4.74 Å². The van der Waals surface area contributed by atoms with Crippen LogP contribution >= 0.6 is 0 Å². The lowest BCUT2D eigenvalue weighted by molar-refractivity contribution is -0.142. The predicted octanol–water partition coefficient (Wildman–Crippen LogP) is 7.16. The first-order valence-corrected chi connectivity index (χ1v) is 13.9. The van der Waals surface area contributed by atoms with Crippen LogP contribution in [0.2, 0.25) is 0 Å². The molecule has 176 valence electrons. The van der Waals surface area contributed by atoms with Crippen LogP contribution in [0.25, 0.3) is 10.8 Å². The maximum absolute atomic E-state index is 7.50. The zero-order chi connectivity index (χ0) is 22.5. The lowest BCUT2D eigenvalue weighted by Gasteiger charge is -2.55. The van der Waals surface area contributed by atoms with Crippen molar-refractivity contribution >= 4 is 10.8 Å². The van der Waals surface area contributed by atoms with Gasteiger partial charge in [0.2, 0.25) is 0 Å². The van der Waals surface area contributed by atoms with Crippen LogP contribution in [-0.4, -0.2) is 35.2 Å². The molecule has 2 heteroatoms. The van der Waals surface area contributed by atoms with Crippen molar-refractivity contribution in [3.63, 3.8) is 0 Å². The molecule has 2 aromatic carbocycles. The fraction of sp³-hybridized carbons (Fsp3) is 0.562. The van der Waals surface area contributed by atoms with Gasteiger partial charge in [0, 0.05) is 6.04 Å². The molecule has 2 bridgehead atoms. The smallest absolute Gasteiger partial charge is 0.0974 e. The van der Waals surface area contributed by atoms with Gasteiger partial charge in [-0.05, 0) is 116 Å². The van der Waals surface area contributed by atoms with Gasteiger partial charge in [0.15, 0.2) is 0 Å². The standard InChI is InChI=1S/C32H37NO/c1-30-14-13-26-20-25-9-10-27(33-17-4-18-33)21-31(25)15-16-32(26,34-31)29(30)12-11-28(30)24-8-7-22-5-2-3-6-23(22)19-24/h2-3,5-8,13,19-20,27-29H,4,9-12,14-18,21H2,1H3/t27-,28-,29-,30-,31?,32-/m1/s1. The normalized spacial score (nSPS) is 42.9. The molecule has 1 unspecified atom stereocenters. The molecule has 6 atom stereocenters. The second kappa shape index (κ2) is 6.86. The second-order valence-corrected chi connectivity index (χ2v) is 12.6. The molecule has 2 saturated heterocycles. The molecule has 3 aliphatic heterocycles. The molecule has 2 aromatic rings. The van der Waals surface area contributed by atoms with Gasteiger partial charge < -0.3 is 9.64 Å². The molecule has 34 heavy (non-hydrogen) atoms. The third-order valence-corrected chi connectivity index (χ3v) is 11.2. The van der Waals surface area contributed by atoms with Gasteiger partial charge in [-0.2, -0.15) is 0 Å². The predicted molar refractivity (Wildman–Crippen MR) is 138 cm³/mol. The van der Waals surface area contributed by atoms with E-state index in [1.165, 1.54) is 81.6 Å². The average Bonchev–Trinajstić information content (AvgIpc) is 3.33. The van der Waals surface area contributed by atoms with E-state index in [0.717, 1.165) is 6.04 Å². The van der Waals surface area contributed by atoms with E-state index in [2.05, 4.69) is 66.4 Å². The maximum atomic E-state index is 7.50. The van der Waals surface area contributed by atoms with Crippen LogP contribution in [0.15, 0.2) is 65.8 Å². The topological polar surface area (TPSA) is 12.5 Å². The van der Waals surface area contributed by atoms with Crippen LogP contribution < -0.4 is 0 Å². The number of hydrogen-bond donors (Lipinski definition) is 0. The highest BCUT2D eigenvalue weighted by molar-refractivity contribution is 5.83. The van der Waals surface area contributed by atoms with Crippen molar-refractivity contribution in [1.82, 2.24) is 4.90 Å². The maximum Gasteiger partial charge on any atom is 0.0974 e. The van der Waals surface area contributed by atoms with E-state index in [4.69, 9.17) is 4.74 Å². The fourth-order valence-corrected chi connectivity index (χ4v) is 9.37. The van der Waals surface area contributed by atoms with E-state index < -0.39 is 0 Å². The number of hydrogen-bond acceptors (Lipinski definition) is 2. The molecule has 2 nitrogen and oxygen atoms in total. The van der Waals surface area contributed by atoms with Crippen LogP contribution in [0.1, 0.15) is 76.2 Å². The first-order valence-electron chi connectivity index (χ1n) is 13.9. The third kappa shape index (κ3) is 2.54. The lowest BCUT2D eigenvalue weighted by atomic mass is 9.58. The van der Waals surface area contributed by atoms with Gasteiger partial charge in [0.05, 0.1) is 11.2 Å². The van der Waals surface area contributed by atoms with E-state index in [-0.39, 0.29) is 16.6 Å². The van der Waals surface area contributed by atoms with Crippen molar-refractivity contribution in [2.24, 2.45) is 11.3 Å². The van der Waals surface area contributed by atoms with E-state index >= 15 is 0 Å². The van der Waals surface area contributed by atoms with Crippen molar-refractivity contribution in [1.29, 1.82) is 0 Å². The third-order valence-electron chi connectivity index (χ3n) is 11.2. The molecule has 0 aromatic heterocycles. The van der Waals surface area contributed by atoms with Gasteiger partial charge in [0.25, 0.3) is 0 Å². The van der Waals surface area contributed by atoms with Crippen LogP contribution in [0, 0.1) is 11.3 Å². The number of fused-ring (bicyclic) bond motifs is 2. The van der Waals surface area contributed by atoms with Crippen molar-refractivity contribution in [3.8, 4) is 0 Å². The van der Waals surface area contributed by atoms with E-state index in [1.807, 2.05) is 0 Å². The summed E-state index contributed by atoms with van der Waals surface area (Å²) in [6.07, 6.45) is 16.7. The van der Waals surface area contributed by atoms with Crippen LogP contribution in [0.5, 0.6) is 0 Å². The summed E-state index contributed by atoms with van der Waals surface area (Å²) in [7, 11) is 0. The SMILES string of the molecule is C[C@]12CC=C3C=C4CC[C@@H](N5CCC5)CC45CC[C@]3(O5)[C@@H]1CC[C@@H]2c1ccc2ccccc2c1. The minimum atomic E-state index is -0.0288. The Morgan fingerprint density at radius 3 is 2.71 bits per heavy atom. The Kier molecular flexibility index (Phi) is 4.10. The van der Waals surface area contributed by atoms with Gasteiger partial charge in [-0.1, -0.05) is 61.5 Å². The van der Waals surface area contributed by atoms with Gasteiger partial charge in [-0.15, -0.1) is 0 Å². The van der Waals surface area contributed by atoms with Gasteiger partial charge >= 0.3 is 0 Å². The number of rotatable bonds is 2. The highest BCUT2D eigenvalue weighted by Gasteiger charge is 2.66. The molecule has 0 radical (unpaired) electrons. The molecule has 0 amide bonds. The second-order valence-electron chi connectivity index (χ2n) is 12.6. The monoisotopic (exact) mass is 451 g/mol. The minimum Gasteiger partial charge on any atom is -0.359 e. The van der Waals surface area contributed by atoms with Crippen molar-refractivity contribution < 1.29 is 4.74 Å². The van der Waals surface area contributed by atoms with Crippen molar-refractivity contribution in [2.75, 3.05) is 13.1 Å². The number of allylic oxidation sites excluding steroid dienone is 1. The Labute approximate surface area is 204 Å². The summed E-state index contributed by atoms with van der Waals surface area (Å²) in [5.41, 5.74) is 5.03. The summed E-state index contributed by atoms with van der Waals surface area (Å²) in [4.78, 5) is 2.74. The summed E-state index contributed by atoms with van der Waals surface area (Å²) in [6.45, 7) is 5.22. The largest absolute Gasteiger partial charge is 0.359 e. The Morgan fingerprint density at radius 1 is 0.971 bits per heavy atom. The molecule has 2 spiro atoms. The van der Waals surface area contributed by atoms with E-state index in [0.29, 0.717) is 11.8 Å². The molecule has 8 rings (SSSR count). The molecular formula is C32H37NO. The molecule has 3 heterocycles. The number of likely N-dealkylation sites (tertiary alicyclic amines) is 1. The van der Waals surface area contributed by atoms with Gasteiger partial charge in [0.1, 0.15) is 0 Å². The Morgan fingerprint density at radius 2 is 1.85 bits per heavy atom. The van der Waals surface area contributed by atoms with Gasteiger partial charge in [-0.25, -0.2) is 0 Å². The summed E-state index contributed by atoms with van der Waals surface area (Å²) >= 11 is 0. The number of benzene rings is 2. The molecule has 2 saturated carbocycles. The first kappa shape index (κ1) is 20.3. The zero-order valence-corrected chi connectivity index (χ0v) is 20.6. The molecular weight excluding hydrogens is 414 g/mol. The summed E-state index contributed by atoms with van der Waals surface area (Å²) in [5.74, 6) is 1.26. The Bertz CT molecular complexity index is 1240. The number of ether oxygens (including phenoxy) is 1. The Balaban J connectivity index is 1.16. The minimum absolute atomic E-state index is 0.0288. The van der Waals surface area contributed by atoms with Crippen LogP contribution in [0.4, 0.5) is 0 Å². The summed E-state index contributed by atoms with van der Waals surface area (Å²) in [5, 5.41) is 2.74. The molecule has 3 aliphatic carbocycles. The highest BCUT2D eigenvalue weighted by atomic mass is 16.5. The Hall–Kier alpha value is -1.90. The average molecular weight is 452 g/mol. The first-order chi connectivity index (χ1) is 16.6. The fourth-order valence-electron chi connectivity index (χ4n) is 9.37. The van der Waals surface area contributed by atoms with Gasteiger partial charge in [-0.3, -0.25) is 0 Å². The lowest BCUT2D eigenvalue weighted by Crippen LogP contribution is -2.56. The van der Waals surface area contributed by atoms with Crippen molar-refractivity contribution in [2.45, 2.75) is 87.9 Å². The van der Waals surface area contributed by atoms with Crippen LogP contribution in [0.3, 0.4) is 0 Å². The summed E-state index contributed by atoms with van der Waals surface area (Å²) < 4.78 is 7.50.